The van der Waals surface area contributed by atoms with Gasteiger partial charge in [0.1, 0.15) is 11.4 Å². The minimum Gasteiger partial charge on any atom is -0.494 e. The number of nitrogens with zero attached hydrogens (tertiary/aromatic N) is 2. The van der Waals surface area contributed by atoms with Crippen LogP contribution >= 0.6 is 0 Å². The van der Waals surface area contributed by atoms with Crippen molar-refractivity contribution in [3.8, 4) is 5.75 Å². The SMILES string of the molecule is CCOc1ccc(NCc2cc(=O)n3c(C)cccc3n2)cc1. The minimum absolute atomic E-state index is 0.0587. The summed E-state index contributed by atoms with van der Waals surface area (Å²) in [6, 6.07) is 14.9. The van der Waals surface area contributed by atoms with Gasteiger partial charge in [-0.25, -0.2) is 4.98 Å². The van der Waals surface area contributed by atoms with Gasteiger partial charge < -0.3 is 10.1 Å². The number of aromatic nitrogens is 2. The van der Waals surface area contributed by atoms with Gasteiger partial charge in [0, 0.05) is 17.4 Å². The smallest absolute Gasteiger partial charge is 0.258 e. The lowest BCUT2D eigenvalue weighted by Crippen LogP contribution is -2.18. The largest absolute Gasteiger partial charge is 0.494 e. The molecule has 3 rings (SSSR count). The summed E-state index contributed by atoms with van der Waals surface area (Å²) in [5, 5.41) is 3.27. The molecule has 5 heteroatoms. The molecule has 0 spiro atoms. The molecule has 2 heterocycles. The molecule has 0 aliphatic heterocycles. The van der Waals surface area contributed by atoms with E-state index in [-0.39, 0.29) is 5.56 Å². The summed E-state index contributed by atoms with van der Waals surface area (Å²) in [7, 11) is 0. The van der Waals surface area contributed by atoms with Crippen LogP contribution in [0.2, 0.25) is 0 Å². The van der Waals surface area contributed by atoms with Crippen molar-refractivity contribution < 1.29 is 4.74 Å². The number of fused-ring (bicyclic) bond motifs is 1. The molecule has 23 heavy (non-hydrogen) atoms. The van der Waals surface area contributed by atoms with Crippen LogP contribution in [0.1, 0.15) is 18.3 Å². The molecule has 2 aromatic heterocycles. The number of hydrogen-bond acceptors (Lipinski definition) is 4. The van der Waals surface area contributed by atoms with Gasteiger partial charge in [-0.15, -0.1) is 0 Å². The van der Waals surface area contributed by atoms with Crippen molar-refractivity contribution in [3.05, 3.63) is 70.3 Å². The zero-order valence-corrected chi connectivity index (χ0v) is 13.2. The summed E-state index contributed by atoms with van der Waals surface area (Å²) >= 11 is 0. The van der Waals surface area contributed by atoms with Crippen LogP contribution in [-0.2, 0) is 6.54 Å². The van der Waals surface area contributed by atoms with Crippen molar-refractivity contribution in [2.45, 2.75) is 20.4 Å². The fourth-order valence-electron chi connectivity index (χ4n) is 2.48. The maximum absolute atomic E-state index is 12.2. The van der Waals surface area contributed by atoms with Crippen LogP contribution in [0.25, 0.3) is 5.65 Å². The number of ether oxygens (including phenoxy) is 1. The maximum atomic E-state index is 12.2. The average Bonchev–Trinajstić information content (AvgIpc) is 2.54. The van der Waals surface area contributed by atoms with Gasteiger partial charge in [0.15, 0.2) is 0 Å². The highest BCUT2D eigenvalue weighted by atomic mass is 16.5. The van der Waals surface area contributed by atoms with Crippen molar-refractivity contribution in [2.75, 3.05) is 11.9 Å². The molecule has 0 saturated heterocycles. The third-order valence-electron chi connectivity index (χ3n) is 3.57. The Hall–Kier alpha value is -2.82. The standard InChI is InChI=1S/C18H19N3O2/c1-3-23-16-9-7-14(8-10-16)19-12-15-11-18(22)21-13(2)5-4-6-17(21)20-15/h4-11,19H,3,12H2,1-2H3. The van der Waals surface area contributed by atoms with Crippen molar-refractivity contribution in [1.29, 1.82) is 0 Å². The first-order chi connectivity index (χ1) is 11.2. The molecule has 0 saturated carbocycles. The van der Waals surface area contributed by atoms with Crippen LogP contribution in [0.15, 0.2) is 53.3 Å². The summed E-state index contributed by atoms with van der Waals surface area (Å²) in [4.78, 5) is 16.8. The van der Waals surface area contributed by atoms with E-state index in [4.69, 9.17) is 4.74 Å². The molecular weight excluding hydrogens is 290 g/mol. The van der Waals surface area contributed by atoms with Gasteiger partial charge >= 0.3 is 0 Å². The van der Waals surface area contributed by atoms with E-state index in [9.17, 15) is 4.79 Å². The van der Waals surface area contributed by atoms with E-state index < -0.39 is 0 Å². The molecule has 0 bridgehead atoms. The lowest BCUT2D eigenvalue weighted by atomic mass is 10.3. The second kappa shape index (κ2) is 6.52. The van der Waals surface area contributed by atoms with E-state index in [0.29, 0.717) is 18.8 Å². The van der Waals surface area contributed by atoms with E-state index >= 15 is 0 Å². The van der Waals surface area contributed by atoms with E-state index in [1.54, 1.807) is 10.5 Å². The van der Waals surface area contributed by atoms with Crippen LogP contribution in [-0.4, -0.2) is 16.0 Å². The summed E-state index contributed by atoms with van der Waals surface area (Å²) < 4.78 is 7.03. The highest BCUT2D eigenvalue weighted by Gasteiger charge is 2.04. The average molecular weight is 309 g/mol. The minimum atomic E-state index is -0.0587. The molecule has 1 N–H and O–H groups in total. The molecule has 3 aromatic rings. The molecule has 1 aromatic carbocycles. The second-order valence-electron chi connectivity index (χ2n) is 5.26. The molecular formula is C18H19N3O2. The first kappa shape index (κ1) is 15.1. The van der Waals surface area contributed by atoms with Gasteiger partial charge in [-0.05, 0) is 50.2 Å². The van der Waals surface area contributed by atoms with Crippen LogP contribution in [0.3, 0.4) is 0 Å². The zero-order chi connectivity index (χ0) is 16.2. The second-order valence-corrected chi connectivity index (χ2v) is 5.26. The molecule has 0 unspecified atom stereocenters. The summed E-state index contributed by atoms with van der Waals surface area (Å²) in [5.74, 6) is 0.843. The maximum Gasteiger partial charge on any atom is 0.258 e. The zero-order valence-electron chi connectivity index (χ0n) is 13.2. The van der Waals surface area contributed by atoms with E-state index in [0.717, 1.165) is 22.8 Å². The van der Waals surface area contributed by atoms with Gasteiger partial charge in [0.2, 0.25) is 0 Å². The van der Waals surface area contributed by atoms with Gasteiger partial charge in [-0.2, -0.15) is 0 Å². The molecule has 0 aliphatic rings. The molecule has 0 fully saturated rings. The first-order valence-corrected chi connectivity index (χ1v) is 7.62. The third-order valence-corrected chi connectivity index (χ3v) is 3.57. The van der Waals surface area contributed by atoms with Crippen molar-refractivity contribution in [2.24, 2.45) is 0 Å². The lowest BCUT2D eigenvalue weighted by Gasteiger charge is -2.09. The number of hydrogen-bond donors (Lipinski definition) is 1. The quantitative estimate of drug-likeness (QED) is 0.787. The van der Waals surface area contributed by atoms with E-state index in [1.807, 2.05) is 56.3 Å². The predicted molar refractivity (Wildman–Crippen MR) is 91.1 cm³/mol. The first-order valence-electron chi connectivity index (χ1n) is 7.62. The Bertz CT molecular complexity index is 870. The normalized spacial score (nSPS) is 10.7. The van der Waals surface area contributed by atoms with Crippen molar-refractivity contribution >= 4 is 11.3 Å². The van der Waals surface area contributed by atoms with Gasteiger partial charge in [0.25, 0.3) is 5.56 Å². The molecule has 118 valence electrons. The Morgan fingerprint density at radius 1 is 1.17 bits per heavy atom. The van der Waals surface area contributed by atoms with Crippen LogP contribution in [0.5, 0.6) is 5.75 Å². The van der Waals surface area contributed by atoms with Gasteiger partial charge in [-0.3, -0.25) is 9.20 Å². The number of aryl methyl sites for hydroxylation is 1. The molecule has 0 atom stereocenters. The number of nitrogens with one attached hydrogen (secondary N) is 1. The number of pyridine rings is 1. The summed E-state index contributed by atoms with van der Waals surface area (Å²) in [6.45, 7) is 5.00. The Morgan fingerprint density at radius 3 is 2.70 bits per heavy atom. The Morgan fingerprint density at radius 2 is 1.96 bits per heavy atom. The van der Waals surface area contributed by atoms with Gasteiger partial charge in [0.05, 0.1) is 18.8 Å². The monoisotopic (exact) mass is 309 g/mol. The number of benzene rings is 1. The number of rotatable bonds is 5. The predicted octanol–water partition coefficient (Wildman–Crippen LogP) is 3.01. The van der Waals surface area contributed by atoms with Crippen LogP contribution in [0.4, 0.5) is 5.69 Å². The van der Waals surface area contributed by atoms with E-state index in [1.165, 1.54) is 0 Å². The Kier molecular flexibility index (Phi) is 4.28. The molecule has 5 nitrogen and oxygen atoms in total. The van der Waals surface area contributed by atoms with Crippen LogP contribution in [0, 0.1) is 6.92 Å². The molecule has 0 radical (unpaired) electrons. The lowest BCUT2D eigenvalue weighted by molar-refractivity contribution is 0.340. The van der Waals surface area contributed by atoms with Crippen molar-refractivity contribution in [1.82, 2.24) is 9.38 Å². The van der Waals surface area contributed by atoms with E-state index in [2.05, 4.69) is 10.3 Å². The fourth-order valence-corrected chi connectivity index (χ4v) is 2.48. The number of anilines is 1. The Balaban J connectivity index is 1.78. The topological polar surface area (TPSA) is 55.6 Å². The highest BCUT2D eigenvalue weighted by molar-refractivity contribution is 5.47. The van der Waals surface area contributed by atoms with Crippen molar-refractivity contribution in [3.63, 3.8) is 0 Å². The van der Waals surface area contributed by atoms with Crippen LogP contribution < -0.4 is 15.6 Å². The summed E-state index contributed by atoms with van der Waals surface area (Å²) in [6.07, 6.45) is 0. The highest BCUT2D eigenvalue weighted by Crippen LogP contribution is 2.16. The third kappa shape index (κ3) is 3.34. The summed E-state index contributed by atoms with van der Waals surface area (Å²) in [5.41, 5.74) is 3.16. The van der Waals surface area contributed by atoms with Gasteiger partial charge in [-0.1, -0.05) is 6.07 Å². The molecule has 0 aliphatic carbocycles. The fraction of sp³-hybridized carbons (Fsp3) is 0.222. The Labute approximate surface area is 134 Å². The molecule has 0 amide bonds.